The average Bonchev–Trinajstić information content (AvgIpc) is 2.57. The molecule has 0 aliphatic carbocycles. The Hall–Kier alpha value is -0.350. The van der Waals surface area contributed by atoms with Crippen LogP contribution < -0.4 is 10.6 Å². The highest BCUT2D eigenvalue weighted by molar-refractivity contribution is 7.80. The van der Waals surface area contributed by atoms with Crippen molar-refractivity contribution in [2.45, 2.75) is 96.8 Å². The van der Waals surface area contributed by atoms with Gasteiger partial charge < -0.3 is 10.6 Å². The van der Waals surface area contributed by atoms with E-state index in [4.69, 9.17) is 12.2 Å². The first-order valence-corrected chi connectivity index (χ1v) is 10.5. The molecule has 0 spiro atoms. The van der Waals surface area contributed by atoms with Crippen LogP contribution in [0.4, 0.5) is 0 Å². The van der Waals surface area contributed by atoms with Crippen LogP contribution in [0.5, 0.6) is 0 Å². The Kier molecular flexibility index (Phi) is 13.7. The molecule has 0 aromatic heterocycles. The summed E-state index contributed by atoms with van der Waals surface area (Å²) in [5.74, 6) is 0. The summed E-state index contributed by atoms with van der Waals surface area (Å²) in [7, 11) is 0. The van der Waals surface area contributed by atoms with Crippen LogP contribution >= 0.6 is 12.2 Å². The minimum Gasteiger partial charge on any atom is -0.350 e. The first-order chi connectivity index (χ1) is 11.3. The van der Waals surface area contributed by atoms with Crippen molar-refractivity contribution in [3.05, 3.63) is 0 Å². The molecular formula is C19H39N3S. The Balaban J connectivity index is 1.71. The third-order valence-corrected chi connectivity index (χ3v) is 5.04. The molecule has 2 N–H and O–H groups in total. The number of nitrogens with one attached hydrogen (secondary N) is 2. The molecular weight excluding hydrogens is 302 g/mol. The lowest BCUT2D eigenvalue weighted by molar-refractivity contribution is 0.239. The van der Waals surface area contributed by atoms with Gasteiger partial charge in [-0.1, -0.05) is 90.4 Å². The molecule has 0 aromatic rings. The molecule has 0 saturated carbocycles. The lowest BCUT2D eigenvalue weighted by atomic mass is 10.0. The Morgan fingerprint density at radius 3 is 1.52 bits per heavy atom. The largest absolute Gasteiger partial charge is 0.350 e. The highest BCUT2D eigenvalue weighted by Gasteiger charge is 2.10. The van der Waals surface area contributed by atoms with Crippen LogP contribution in [0.15, 0.2) is 0 Å². The third-order valence-electron chi connectivity index (χ3n) is 4.75. The molecule has 1 aliphatic rings. The van der Waals surface area contributed by atoms with Gasteiger partial charge in [-0.2, -0.15) is 0 Å². The Morgan fingerprint density at radius 2 is 1.09 bits per heavy atom. The fourth-order valence-corrected chi connectivity index (χ4v) is 3.30. The van der Waals surface area contributed by atoms with Gasteiger partial charge in [-0.3, -0.25) is 4.90 Å². The van der Waals surface area contributed by atoms with Crippen LogP contribution in [-0.2, 0) is 0 Å². The van der Waals surface area contributed by atoms with Crippen LogP contribution in [0.3, 0.4) is 0 Å². The third kappa shape index (κ3) is 12.7. The molecule has 4 heteroatoms. The number of thiocarbonyl (C=S) groups is 1. The average molecular weight is 342 g/mol. The summed E-state index contributed by atoms with van der Waals surface area (Å²) in [4.78, 5) is 2.39. The zero-order chi connectivity index (χ0) is 16.6. The van der Waals surface area contributed by atoms with E-state index >= 15 is 0 Å². The highest BCUT2D eigenvalue weighted by Crippen LogP contribution is 2.13. The van der Waals surface area contributed by atoms with Gasteiger partial charge in [-0.05, 0) is 18.6 Å². The van der Waals surface area contributed by atoms with E-state index in [-0.39, 0.29) is 0 Å². The molecule has 3 nitrogen and oxygen atoms in total. The molecule has 0 bridgehead atoms. The molecule has 1 heterocycles. The SMILES string of the molecule is CCCCCCCCCCCCCCCCN1CNC(=S)NC1. The van der Waals surface area contributed by atoms with E-state index in [0.717, 1.165) is 18.4 Å². The molecule has 136 valence electrons. The topological polar surface area (TPSA) is 27.3 Å². The second-order valence-electron chi connectivity index (χ2n) is 6.99. The van der Waals surface area contributed by atoms with Gasteiger partial charge in [0.15, 0.2) is 5.11 Å². The molecule has 0 unspecified atom stereocenters. The van der Waals surface area contributed by atoms with Crippen LogP contribution in [0.1, 0.15) is 96.8 Å². The van der Waals surface area contributed by atoms with Gasteiger partial charge >= 0.3 is 0 Å². The van der Waals surface area contributed by atoms with Crippen molar-refractivity contribution in [2.75, 3.05) is 19.9 Å². The summed E-state index contributed by atoms with van der Waals surface area (Å²) in [6.07, 6.45) is 20.0. The zero-order valence-electron chi connectivity index (χ0n) is 15.4. The van der Waals surface area contributed by atoms with Gasteiger partial charge in [0.2, 0.25) is 0 Å². The molecule has 1 saturated heterocycles. The lowest BCUT2D eigenvalue weighted by Crippen LogP contribution is -2.53. The molecule has 0 radical (unpaired) electrons. The van der Waals surface area contributed by atoms with Gasteiger partial charge in [0.1, 0.15) is 0 Å². The lowest BCUT2D eigenvalue weighted by Gasteiger charge is -2.29. The summed E-state index contributed by atoms with van der Waals surface area (Å²) < 4.78 is 0. The minimum absolute atomic E-state index is 0.794. The Labute approximate surface area is 150 Å². The van der Waals surface area contributed by atoms with Gasteiger partial charge in [0.05, 0.1) is 13.3 Å². The van der Waals surface area contributed by atoms with Crippen molar-refractivity contribution in [3.63, 3.8) is 0 Å². The van der Waals surface area contributed by atoms with E-state index in [2.05, 4.69) is 22.5 Å². The minimum atomic E-state index is 0.794. The summed E-state index contributed by atoms with van der Waals surface area (Å²) >= 11 is 5.05. The van der Waals surface area contributed by atoms with Crippen molar-refractivity contribution in [1.29, 1.82) is 0 Å². The van der Waals surface area contributed by atoms with Crippen LogP contribution in [-0.4, -0.2) is 29.9 Å². The second-order valence-corrected chi connectivity index (χ2v) is 7.40. The van der Waals surface area contributed by atoms with E-state index in [9.17, 15) is 0 Å². The van der Waals surface area contributed by atoms with Gasteiger partial charge in [-0.15, -0.1) is 0 Å². The number of nitrogens with zero attached hydrogens (tertiary/aromatic N) is 1. The van der Waals surface area contributed by atoms with Gasteiger partial charge in [-0.25, -0.2) is 0 Å². The van der Waals surface area contributed by atoms with Crippen LogP contribution in [0, 0.1) is 0 Å². The quantitative estimate of drug-likeness (QED) is 0.318. The first-order valence-electron chi connectivity index (χ1n) is 10.1. The molecule has 0 aromatic carbocycles. The first kappa shape index (κ1) is 20.7. The van der Waals surface area contributed by atoms with Crippen molar-refractivity contribution in [3.8, 4) is 0 Å². The van der Waals surface area contributed by atoms with Crippen molar-refractivity contribution >= 4 is 17.3 Å². The molecule has 0 atom stereocenters. The summed E-state index contributed by atoms with van der Waals surface area (Å²) in [6, 6.07) is 0. The van der Waals surface area contributed by atoms with Gasteiger partial charge in [0.25, 0.3) is 0 Å². The standard InChI is InChI=1S/C19H39N3S/c1-2-3-4-5-6-7-8-9-10-11-12-13-14-15-16-22-17-20-19(23)21-18-22/h2-18H2,1H3,(H2,20,21,23). The Morgan fingerprint density at radius 1 is 0.696 bits per heavy atom. The molecule has 23 heavy (non-hydrogen) atoms. The Bertz CT molecular complexity index is 274. The van der Waals surface area contributed by atoms with Crippen molar-refractivity contribution in [1.82, 2.24) is 15.5 Å². The number of unbranched alkanes of at least 4 members (excludes halogenated alkanes) is 13. The van der Waals surface area contributed by atoms with Crippen molar-refractivity contribution < 1.29 is 0 Å². The predicted molar refractivity (Wildman–Crippen MR) is 106 cm³/mol. The predicted octanol–water partition coefficient (Wildman–Crippen LogP) is 5.16. The molecule has 1 fully saturated rings. The monoisotopic (exact) mass is 341 g/mol. The maximum absolute atomic E-state index is 5.05. The summed E-state index contributed by atoms with van der Waals surface area (Å²) in [6.45, 7) is 5.28. The molecule has 0 amide bonds. The van der Waals surface area contributed by atoms with Crippen molar-refractivity contribution in [2.24, 2.45) is 0 Å². The maximum Gasteiger partial charge on any atom is 0.168 e. The van der Waals surface area contributed by atoms with E-state index < -0.39 is 0 Å². The number of hydrogen-bond acceptors (Lipinski definition) is 2. The summed E-state index contributed by atoms with van der Waals surface area (Å²) in [5.41, 5.74) is 0. The highest BCUT2D eigenvalue weighted by atomic mass is 32.1. The van der Waals surface area contributed by atoms with Crippen LogP contribution in [0.25, 0.3) is 0 Å². The maximum atomic E-state index is 5.05. The molecule has 1 aliphatic heterocycles. The fourth-order valence-electron chi connectivity index (χ4n) is 3.17. The molecule has 1 rings (SSSR count). The normalized spacial score (nSPS) is 15.4. The number of rotatable bonds is 15. The number of hydrogen-bond donors (Lipinski definition) is 2. The summed E-state index contributed by atoms with van der Waals surface area (Å²) in [5, 5.41) is 7.15. The fraction of sp³-hybridized carbons (Fsp3) is 0.947. The van der Waals surface area contributed by atoms with E-state index in [1.807, 2.05) is 0 Å². The van der Waals surface area contributed by atoms with E-state index in [1.54, 1.807) is 0 Å². The second kappa shape index (κ2) is 15.2. The van der Waals surface area contributed by atoms with E-state index in [1.165, 1.54) is 96.4 Å². The van der Waals surface area contributed by atoms with Gasteiger partial charge in [0, 0.05) is 6.54 Å². The van der Waals surface area contributed by atoms with E-state index in [0.29, 0.717) is 0 Å². The smallest absolute Gasteiger partial charge is 0.168 e. The van der Waals surface area contributed by atoms with Crippen LogP contribution in [0.2, 0.25) is 0 Å². The zero-order valence-corrected chi connectivity index (χ0v) is 16.2.